The van der Waals surface area contributed by atoms with Crippen LogP contribution in [0.3, 0.4) is 0 Å². The fourth-order valence-electron chi connectivity index (χ4n) is 1.60. The maximum atomic E-state index is 12.1. The van der Waals surface area contributed by atoms with Crippen LogP contribution in [-0.2, 0) is 6.54 Å². The zero-order chi connectivity index (χ0) is 13.0. The Hall–Kier alpha value is -1.07. The smallest absolute Gasteiger partial charge is 0.191 e. The van der Waals surface area contributed by atoms with Crippen molar-refractivity contribution < 1.29 is 4.79 Å². The number of hydrogen-bond donors (Lipinski definition) is 0. The summed E-state index contributed by atoms with van der Waals surface area (Å²) in [7, 11) is 0. The average molecular weight is 325 g/mol. The van der Waals surface area contributed by atoms with Crippen molar-refractivity contribution in [3.63, 3.8) is 0 Å². The Morgan fingerprint density at radius 2 is 2.17 bits per heavy atom. The first kappa shape index (κ1) is 13.4. The van der Waals surface area contributed by atoms with E-state index in [9.17, 15) is 4.79 Å². The number of thioether (sulfide) groups is 1. The molecule has 1 aromatic heterocycles. The number of nitrogens with zero attached hydrogens (tertiary/aromatic N) is 2. The minimum Gasteiger partial charge on any atom is -0.292 e. The van der Waals surface area contributed by atoms with E-state index in [4.69, 9.17) is 0 Å². The molecule has 5 heteroatoms. The van der Waals surface area contributed by atoms with Crippen LogP contribution < -0.4 is 0 Å². The molecule has 0 aliphatic carbocycles. The maximum Gasteiger partial charge on any atom is 0.191 e. The van der Waals surface area contributed by atoms with E-state index in [-0.39, 0.29) is 5.78 Å². The first-order chi connectivity index (χ1) is 8.72. The normalized spacial score (nSPS) is 10.6. The van der Waals surface area contributed by atoms with Crippen molar-refractivity contribution in [3.8, 4) is 0 Å². The first-order valence-electron chi connectivity index (χ1n) is 5.64. The summed E-state index contributed by atoms with van der Waals surface area (Å²) in [5, 5.41) is 4.11. The van der Waals surface area contributed by atoms with Gasteiger partial charge in [-0.15, -0.1) is 11.8 Å². The lowest BCUT2D eigenvalue weighted by Gasteiger charge is -2.05. The van der Waals surface area contributed by atoms with Crippen LogP contribution in [0.2, 0.25) is 0 Å². The predicted molar refractivity (Wildman–Crippen MR) is 77.1 cm³/mol. The quantitative estimate of drug-likeness (QED) is 0.622. The Morgan fingerprint density at radius 3 is 2.89 bits per heavy atom. The Morgan fingerprint density at radius 1 is 1.39 bits per heavy atom. The van der Waals surface area contributed by atoms with Gasteiger partial charge in [-0.3, -0.25) is 9.48 Å². The van der Waals surface area contributed by atoms with Crippen LogP contribution in [-0.4, -0.2) is 21.3 Å². The van der Waals surface area contributed by atoms with Crippen LogP contribution >= 0.6 is 27.7 Å². The predicted octanol–water partition coefficient (Wildman–Crippen LogP) is 3.64. The fourth-order valence-corrected chi connectivity index (χ4v) is 3.04. The van der Waals surface area contributed by atoms with E-state index in [1.54, 1.807) is 16.9 Å². The van der Waals surface area contributed by atoms with Crippen LogP contribution in [0.15, 0.2) is 45.9 Å². The summed E-state index contributed by atoms with van der Waals surface area (Å²) in [6.07, 6.45) is 1.67. The van der Waals surface area contributed by atoms with Gasteiger partial charge in [-0.1, -0.05) is 12.1 Å². The number of Topliss-reactive ketones (excluding diaryl/α,β-unsaturated/α-hetero) is 1. The topological polar surface area (TPSA) is 34.9 Å². The molecule has 0 aliphatic heterocycles. The molecule has 18 heavy (non-hydrogen) atoms. The third-order valence-corrected chi connectivity index (χ3v) is 4.52. The molecule has 0 amide bonds. The third kappa shape index (κ3) is 3.03. The van der Waals surface area contributed by atoms with Crippen molar-refractivity contribution in [3.05, 3.63) is 46.7 Å². The number of aryl methyl sites for hydroxylation is 1. The largest absolute Gasteiger partial charge is 0.292 e. The van der Waals surface area contributed by atoms with Gasteiger partial charge in [0.25, 0.3) is 0 Å². The summed E-state index contributed by atoms with van der Waals surface area (Å²) < 4.78 is 2.75. The molecule has 0 saturated carbocycles. The van der Waals surface area contributed by atoms with Gasteiger partial charge >= 0.3 is 0 Å². The van der Waals surface area contributed by atoms with Gasteiger partial charge in [-0.2, -0.15) is 5.10 Å². The monoisotopic (exact) mass is 324 g/mol. The SMILES string of the molecule is CCn1nccc1C(=O)CSc1ccccc1Br. The number of halogens is 1. The molecule has 2 rings (SSSR count). The second-order valence-corrected chi connectivity index (χ2v) is 5.55. The van der Waals surface area contributed by atoms with E-state index in [0.717, 1.165) is 9.37 Å². The molecule has 94 valence electrons. The maximum absolute atomic E-state index is 12.1. The first-order valence-corrected chi connectivity index (χ1v) is 7.42. The zero-order valence-corrected chi connectivity index (χ0v) is 12.4. The molecule has 0 radical (unpaired) electrons. The van der Waals surface area contributed by atoms with Crippen molar-refractivity contribution in [2.45, 2.75) is 18.4 Å². The molecule has 1 aromatic carbocycles. The van der Waals surface area contributed by atoms with Crippen molar-refractivity contribution in [1.29, 1.82) is 0 Å². The Bertz CT molecular complexity index is 553. The molecule has 3 nitrogen and oxygen atoms in total. The number of rotatable bonds is 5. The van der Waals surface area contributed by atoms with Crippen LogP contribution in [0.1, 0.15) is 17.4 Å². The van der Waals surface area contributed by atoms with E-state index < -0.39 is 0 Å². The summed E-state index contributed by atoms with van der Waals surface area (Å²) >= 11 is 5.01. The van der Waals surface area contributed by atoms with Crippen molar-refractivity contribution in [1.82, 2.24) is 9.78 Å². The summed E-state index contributed by atoms with van der Waals surface area (Å²) in [6, 6.07) is 9.67. The minimum atomic E-state index is 0.107. The second kappa shape index (κ2) is 6.20. The molecule has 0 spiro atoms. The van der Waals surface area contributed by atoms with Gasteiger partial charge in [0.1, 0.15) is 5.69 Å². The lowest BCUT2D eigenvalue weighted by molar-refractivity contribution is 0.101. The summed E-state index contributed by atoms with van der Waals surface area (Å²) in [6.45, 7) is 2.69. The van der Waals surface area contributed by atoms with Crippen LogP contribution in [0.25, 0.3) is 0 Å². The van der Waals surface area contributed by atoms with Crippen LogP contribution in [0, 0.1) is 0 Å². The van der Waals surface area contributed by atoms with Gasteiger partial charge in [0.15, 0.2) is 5.78 Å². The third-order valence-electron chi connectivity index (χ3n) is 2.50. The van der Waals surface area contributed by atoms with E-state index in [1.807, 2.05) is 31.2 Å². The molecule has 0 saturated heterocycles. The van der Waals surface area contributed by atoms with E-state index >= 15 is 0 Å². The van der Waals surface area contributed by atoms with Gasteiger partial charge in [0.2, 0.25) is 0 Å². The number of aromatic nitrogens is 2. The summed E-state index contributed by atoms with van der Waals surface area (Å²) in [5.41, 5.74) is 0.678. The Labute approximate surface area is 119 Å². The highest BCUT2D eigenvalue weighted by Gasteiger charge is 2.12. The van der Waals surface area contributed by atoms with Gasteiger partial charge in [0, 0.05) is 22.1 Å². The fraction of sp³-hybridized carbons (Fsp3) is 0.231. The molecule has 0 unspecified atom stereocenters. The van der Waals surface area contributed by atoms with Gasteiger partial charge in [-0.25, -0.2) is 0 Å². The van der Waals surface area contributed by atoms with E-state index in [0.29, 0.717) is 18.0 Å². The second-order valence-electron chi connectivity index (χ2n) is 3.67. The average Bonchev–Trinajstić information content (AvgIpc) is 2.86. The molecule has 0 N–H and O–H groups in total. The number of benzene rings is 1. The standard InChI is InChI=1S/C13H13BrN2OS/c1-2-16-11(7-8-15-16)12(17)9-18-13-6-4-3-5-10(13)14/h3-8H,2,9H2,1H3. The molecular formula is C13H13BrN2OS. The number of hydrogen-bond acceptors (Lipinski definition) is 3. The van der Waals surface area contributed by atoms with E-state index in [1.165, 1.54) is 11.8 Å². The number of ketones is 1. The van der Waals surface area contributed by atoms with Crippen molar-refractivity contribution in [2.75, 3.05) is 5.75 Å². The van der Waals surface area contributed by atoms with Crippen molar-refractivity contribution in [2.24, 2.45) is 0 Å². The molecular weight excluding hydrogens is 312 g/mol. The van der Waals surface area contributed by atoms with Gasteiger partial charge < -0.3 is 0 Å². The molecule has 0 aliphatic rings. The minimum absolute atomic E-state index is 0.107. The number of carbonyl (C=O) groups excluding carboxylic acids is 1. The van der Waals surface area contributed by atoms with Crippen LogP contribution in [0.5, 0.6) is 0 Å². The highest BCUT2D eigenvalue weighted by Crippen LogP contribution is 2.27. The molecule has 2 aromatic rings. The lowest BCUT2D eigenvalue weighted by atomic mass is 10.3. The molecule has 0 fully saturated rings. The zero-order valence-electron chi connectivity index (χ0n) is 9.97. The van der Waals surface area contributed by atoms with Gasteiger partial charge in [0.05, 0.1) is 5.75 Å². The lowest BCUT2D eigenvalue weighted by Crippen LogP contribution is -2.11. The van der Waals surface area contributed by atoms with Gasteiger partial charge in [-0.05, 0) is 41.1 Å². The summed E-state index contributed by atoms with van der Waals surface area (Å²) in [5.74, 6) is 0.531. The highest BCUT2D eigenvalue weighted by atomic mass is 79.9. The molecule has 1 heterocycles. The Balaban J connectivity index is 2.03. The molecule has 0 atom stereocenters. The van der Waals surface area contributed by atoms with E-state index in [2.05, 4.69) is 21.0 Å². The Kier molecular flexibility index (Phi) is 4.60. The molecule has 0 bridgehead atoms. The summed E-state index contributed by atoms with van der Waals surface area (Å²) in [4.78, 5) is 13.2. The van der Waals surface area contributed by atoms with Crippen LogP contribution in [0.4, 0.5) is 0 Å². The number of carbonyl (C=O) groups is 1. The van der Waals surface area contributed by atoms with Crippen molar-refractivity contribution >= 4 is 33.5 Å². The highest BCUT2D eigenvalue weighted by molar-refractivity contribution is 9.10.